The van der Waals surface area contributed by atoms with E-state index in [1.807, 2.05) is 42.5 Å². The second-order valence-electron chi connectivity index (χ2n) is 5.46. The average Bonchev–Trinajstić information content (AvgIpc) is 2.61. The lowest BCUT2D eigenvalue weighted by atomic mass is 10.1. The zero-order chi connectivity index (χ0) is 18.8. The maximum absolute atomic E-state index is 12.0. The van der Waals surface area contributed by atoms with Gasteiger partial charge in [0, 0.05) is 30.3 Å². The highest BCUT2D eigenvalue weighted by molar-refractivity contribution is 7.80. The average molecular weight is 393 g/mol. The molecule has 2 N–H and O–H groups in total. The molecule has 0 saturated heterocycles. The summed E-state index contributed by atoms with van der Waals surface area (Å²) < 4.78 is 10.5. The highest BCUT2D eigenvalue weighted by Crippen LogP contribution is 2.18. The van der Waals surface area contributed by atoms with Crippen LogP contribution in [0, 0.1) is 0 Å². The van der Waals surface area contributed by atoms with Crippen LogP contribution in [0.15, 0.2) is 48.5 Å². The topological polar surface area (TPSA) is 59.6 Å². The van der Waals surface area contributed by atoms with Gasteiger partial charge in [-0.25, -0.2) is 0 Å². The van der Waals surface area contributed by atoms with Crippen LogP contribution in [0.4, 0.5) is 5.69 Å². The molecule has 0 aromatic heterocycles. The van der Waals surface area contributed by atoms with Crippen LogP contribution in [0.1, 0.15) is 12.0 Å². The number of benzene rings is 2. The first-order valence-corrected chi connectivity index (χ1v) is 8.93. The number of carbonyl (C=O) groups is 1. The molecule has 138 valence electrons. The van der Waals surface area contributed by atoms with E-state index >= 15 is 0 Å². The van der Waals surface area contributed by atoms with Crippen molar-refractivity contribution in [1.82, 2.24) is 5.32 Å². The Morgan fingerprint density at radius 3 is 2.73 bits per heavy atom. The molecule has 0 saturated carbocycles. The molecule has 0 radical (unpaired) electrons. The molecule has 0 atom stereocenters. The Kier molecular flexibility index (Phi) is 8.34. The molecule has 0 aliphatic rings. The molecule has 7 heteroatoms. The van der Waals surface area contributed by atoms with E-state index in [0.29, 0.717) is 36.8 Å². The zero-order valence-corrected chi connectivity index (χ0v) is 16.0. The van der Waals surface area contributed by atoms with Crippen molar-refractivity contribution >= 4 is 40.5 Å². The number of carbonyl (C=O) groups excluding carboxylic acids is 1. The first-order chi connectivity index (χ1) is 12.6. The van der Waals surface area contributed by atoms with E-state index in [-0.39, 0.29) is 11.0 Å². The highest BCUT2D eigenvalue weighted by Gasteiger charge is 2.07. The van der Waals surface area contributed by atoms with E-state index in [9.17, 15) is 4.79 Å². The molecule has 0 spiro atoms. The van der Waals surface area contributed by atoms with Crippen LogP contribution >= 0.6 is 23.8 Å². The Labute approximate surface area is 163 Å². The van der Waals surface area contributed by atoms with Crippen LogP contribution in [-0.4, -0.2) is 31.3 Å². The number of hydrogen-bond acceptors (Lipinski definition) is 4. The van der Waals surface area contributed by atoms with E-state index in [0.717, 1.165) is 11.3 Å². The van der Waals surface area contributed by atoms with Gasteiger partial charge in [0.2, 0.25) is 5.91 Å². The van der Waals surface area contributed by atoms with Crippen molar-refractivity contribution in [2.24, 2.45) is 0 Å². The number of hydrogen-bond donors (Lipinski definition) is 2. The van der Waals surface area contributed by atoms with E-state index in [2.05, 4.69) is 10.6 Å². The SMILES string of the molecule is COCCOc1cccc(NC(=S)NC(=O)CCc2ccccc2Cl)c1. The maximum atomic E-state index is 12.0. The third-order valence-corrected chi connectivity index (χ3v) is 4.05. The van der Waals surface area contributed by atoms with Gasteiger partial charge in [0.05, 0.1) is 6.61 Å². The normalized spacial score (nSPS) is 10.2. The van der Waals surface area contributed by atoms with Crippen molar-refractivity contribution < 1.29 is 14.3 Å². The fraction of sp³-hybridized carbons (Fsp3) is 0.263. The number of ether oxygens (including phenoxy) is 2. The molecule has 0 aliphatic carbocycles. The first kappa shape index (κ1) is 20.2. The summed E-state index contributed by atoms with van der Waals surface area (Å²) in [5.41, 5.74) is 1.67. The van der Waals surface area contributed by atoms with Gasteiger partial charge in [-0.05, 0) is 42.4 Å². The van der Waals surface area contributed by atoms with Gasteiger partial charge in [0.25, 0.3) is 0 Å². The van der Waals surface area contributed by atoms with Crippen LogP contribution in [0.25, 0.3) is 0 Å². The molecular formula is C19H21ClN2O3S. The molecule has 26 heavy (non-hydrogen) atoms. The molecule has 0 fully saturated rings. The van der Waals surface area contributed by atoms with Gasteiger partial charge in [-0.2, -0.15) is 0 Å². The lowest BCUT2D eigenvalue weighted by Crippen LogP contribution is -2.34. The van der Waals surface area contributed by atoms with Crippen molar-refractivity contribution in [1.29, 1.82) is 0 Å². The molecule has 0 unspecified atom stereocenters. The number of methoxy groups -OCH3 is 1. The third-order valence-electron chi connectivity index (χ3n) is 3.48. The second kappa shape index (κ2) is 10.8. The molecule has 0 heterocycles. The lowest BCUT2D eigenvalue weighted by molar-refractivity contribution is -0.119. The quantitative estimate of drug-likeness (QED) is 0.528. The van der Waals surface area contributed by atoms with Gasteiger partial charge in [0.1, 0.15) is 12.4 Å². The van der Waals surface area contributed by atoms with Gasteiger partial charge in [-0.1, -0.05) is 35.9 Å². The molecule has 5 nitrogen and oxygen atoms in total. The van der Waals surface area contributed by atoms with Crippen LogP contribution in [0.2, 0.25) is 5.02 Å². The number of halogens is 1. The first-order valence-electron chi connectivity index (χ1n) is 8.14. The third kappa shape index (κ3) is 7.00. The number of rotatable bonds is 8. The lowest BCUT2D eigenvalue weighted by Gasteiger charge is -2.11. The monoisotopic (exact) mass is 392 g/mol. The van der Waals surface area contributed by atoms with E-state index in [1.54, 1.807) is 13.2 Å². The number of aryl methyl sites for hydroxylation is 1. The van der Waals surface area contributed by atoms with Crippen molar-refractivity contribution in [2.45, 2.75) is 12.8 Å². The number of nitrogens with one attached hydrogen (secondary N) is 2. The molecular weight excluding hydrogens is 372 g/mol. The van der Waals surface area contributed by atoms with Crippen molar-refractivity contribution in [3.05, 3.63) is 59.1 Å². The summed E-state index contributed by atoms with van der Waals surface area (Å²) in [6.07, 6.45) is 0.850. The van der Waals surface area contributed by atoms with E-state index in [4.69, 9.17) is 33.3 Å². The van der Waals surface area contributed by atoms with Gasteiger partial charge in [-0.15, -0.1) is 0 Å². The molecule has 2 aromatic rings. The van der Waals surface area contributed by atoms with Gasteiger partial charge >= 0.3 is 0 Å². The van der Waals surface area contributed by atoms with Crippen molar-refractivity contribution in [3.63, 3.8) is 0 Å². The summed E-state index contributed by atoms with van der Waals surface area (Å²) in [6.45, 7) is 0.973. The number of anilines is 1. The fourth-order valence-electron chi connectivity index (χ4n) is 2.21. The summed E-state index contributed by atoms with van der Waals surface area (Å²) in [5.74, 6) is 0.523. The van der Waals surface area contributed by atoms with E-state index in [1.165, 1.54) is 0 Å². The largest absolute Gasteiger partial charge is 0.491 e. The van der Waals surface area contributed by atoms with Gasteiger partial charge in [0.15, 0.2) is 5.11 Å². The van der Waals surface area contributed by atoms with E-state index < -0.39 is 0 Å². The number of amides is 1. The van der Waals surface area contributed by atoms with Crippen LogP contribution < -0.4 is 15.4 Å². The minimum Gasteiger partial charge on any atom is -0.491 e. The van der Waals surface area contributed by atoms with Crippen LogP contribution in [0.3, 0.4) is 0 Å². The molecule has 2 rings (SSSR count). The Morgan fingerprint density at radius 2 is 1.96 bits per heavy atom. The Morgan fingerprint density at radius 1 is 1.15 bits per heavy atom. The molecule has 1 amide bonds. The summed E-state index contributed by atoms with van der Waals surface area (Å²) in [6, 6.07) is 14.8. The summed E-state index contributed by atoms with van der Waals surface area (Å²) in [5, 5.41) is 6.54. The number of thiocarbonyl (C=S) groups is 1. The highest BCUT2D eigenvalue weighted by atomic mass is 35.5. The summed E-state index contributed by atoms with van der Waals surface area (Å²) in [4.78, 5) is 12.0. The summed E-state index contributed by atoms with van der Waals surface area (Å²) >= 11 is 11.3. The van der Waals surface area contributed by atoms with Crippen molar-refractivity contribution in [3.8, 4) is 5.75 Å². The fourth-order valence-corrected chi connectivity index (χ4v) is 2.67. The second-order valence-corrected chi connectivity index (χ2v) is 6.28. The zero-order valence-electron chi connectivity index (χ0n) is 14.5. The predicted octanol–water partition coefficient (Wildman–Crippen LogP) is 3.81. The van der Waals surface area contributed by atoms with Crippen LogP contribution in [0.5, 0.6) is 5.75 Å². The molecule has 0 bridgehead atoms. The minimum atomic E-state index is -0.171. The smallest absolute Gasteiger partial charge is 0.226 e. The predicted molar refractivity (Wildman–Crippen MR) is 108 cm³/mol. The summed E-state index contributed by atoms with van der Waals surface area (Å²) in [7, 11) is 1.62. The Balaban J connectivity index is 1.79. The van der Waals surface area contributed by atoms with Crippen molar-refractivity contribution in [2.75, 3.05) is 25.6 Å². The van der Waals surface area contributed by atoms with Crippen LogP contribution in [-0.2, 0) is 16.0 Å². The maximum Gasteiger partial charge on any atom is 0.226 e. The van der Waals surface area contributed by atoms with Gasteiger partial charge < -0.3 is 20.1 Å². The minimum absolute atomic E-state index is 0.171. The van der Waals surface area contributed by atoms with Gasteiger partial charge in [-0.3, -0.25) is 4.79 Å². The molecule has 2 aromatic carbocycles. The Bertz CT molecular complexity index is 755. The molecule has 0 aliphatic heterocycles. The standard InChI is InChI=1S/C19H21ClN2O3S/c1-24-11-12-25-16-7-4-6-15(13-16)21-19(26)22-18(23)10-9-14-5-2-3-8-17(14)20/h2-8,13H,9-12H2,1H3,(H2,21,22,23,26). The Hall–Kier alpha value is -2.15.